The molecule has 1 saturated carbocycles. The first-order chi connectivity index (χ1) is 6.99. The average molecular weight is 286 g/mol. The Kier molecular flexibility index (Phi) is 3.27. The first-order valence-electron chi connectivity index (χ1n) is 4.45. The van der Waals surface area contributed by atoms with Crippen molar-refractivity contribution in [3.05, 3.63) is 28.2 Å². The number of hydrogen-bond acceptors (Lipinski definition) is 1. The van der Waals surface area contributed by atoms with Crippen LogP contribution in [0, 0.1) is 5.92 Å². The second-order valence-electron chi connectivity index (χ2n) is 3.55. The summed E-state index contributed by atoms with van der Waals surface area (Å²) in [6.45, 7) is 0.481. The van der Waals surface area contributed by atoms with Gasteiger partial charge in [-0.05, 0) is 24.6 Å². The van der Waals surface area contributed by atoms with E-state index in [0.717, 1.165) is 6.42 Å². The Morgan fingerprint density at radius 3 is 2.53 bits per heavy atom. The number of benzene rings is 1. The molecule has 0 spiro atoms. The lowest BCUT2D eigenvalue weighted by Gasteiger charge is -2.07. The number of hydrogen-bond donors (Lipinski definition) is 0. The summed E-state index contributed by atoms with van der Waals surface area (Å²) in [6.07, 6.45) is 0.765. The molecule has 1 aliphatic carbocycles. The molecule has 15 heavy (non-hydrogen) atoms. The predicted molar refractivity (Wildman–Crippen MR) is 64.5 cm³/mol. The topological polar surface area (TPSA) is 9.23 Å². The molecule has 0 amide bonds. The van der Waals surface area contributed by atoms with Crippen LogP contribution < -0.4 is 4.74 Å². The molecule has 0 radical (unpaired) electrons. The molecule has 82 valence electrons. The van der Waals surface area contributed by atoms with E-state index in [1.54, 1.807) is 18.2 Å². The molecule has 0 bridgehead atoms. The van der Waals surface area contributed by atoms with Crippen LogP contribution in [-0.4, -0.2) is 10.9 Å². The Hall–Kier alpha value is 0.180. The van der Waals surface area contributed by atoms with Gasteiger partial charge in [0.15, 0.2) is 0 Å². The monoisotopic (exact) mass is 284 g/mol. The van der Waals surface area contributed by atoms with Crippen molar-refractivity contribution in [1.82, 2.24) is 0 Å². The molecule has 2 rings (SSSR count). The number of halogens is 4. The van der Waals surface area contributed by atoms with Gasteiger partial charge < -0.3 is 4.74 Å². The van der Waals surface area contributed by atoms with E-state index < -0.39 is 4.33 Å². The van der Waals surface area contributed by atoms with Crippen molar-refractivity contribution in [3.63, 3.8) is 0 Å². The first kappa shape index (κ1) is 11.7. The zero-order valence-corrected chi connectivity index (χ0v) is 10.7. The van der Waals surface area contributed by atoms with Gasteiger partial charge >= 0.3 is 0 Å². The number of ether oxygens (including phenoxy) is 1. The van der Waals surface area contributed by atoms with E-state index in [4.69, 9.17) is 51.1 Å². The van der Waals surface area contributed by atoms with Crippen molar-refractivity contribution in [2.75, 3.05) is 6.61 Å². The molecule has 0 aliphatic heterocycles. The highest BCUT2D eigenvalue weighted by atomic mass is 35.5. The van der Waals surface area contributed by atoms with Crippen LogP contribution in [0.2, 0.25) is 10.0 Å². The lowest BCUT2D eigenvalue weighted by molar-refractivity contribution is 0.299. The second kappa shape index (κ2) is 4.21. The maximum absolute atomic E-state index is 5.93. The molecular weight excluding hydrogens is 278 g/mol. The Labute approximate surface area is 108 Å². The summed E-state index contributed by atoms with van der Waals surface area (Å²) in [5.41, 5.74) is 0. The molecular formula is C10H8Cl4O. The molecule has 1 nitrogen and oxygen atoms in total. The van der Waals surface area contributed by atoms with Gasteiger partial charge in [0, 0.05) is 10.9 Å². The number of rotatable bonds is 3. The van der Waals surface area contributed by atoms with Crippen LogP contribution in [0.25, 0.3) is 0 Å². The van der Waals surface area contributed by atoms with Crippen LogP contribution in [0.4, 0.5) is 0 Å². The predicted octanol–water partition coefficient (Wildman–Crippen LogP) is 4.57. The van der Waals surface area contributed by atoms with E-state index in [9.17, 15) is 0 Å². The van der Waals surface area contributed by atoms with Crippen LogP contribution in [0.5, 0.6) is 5.75 Å². The third-order valence-corrected chi connectivity index (χ3v) is 3.75. The molecule has 1 aliphatic rings. The van der Waals surface area contributed by atoms with Gasteiger partial charge in [0.1, 0.15) is 10.1 Å². The lowest BCUT2D eigenvalue weighted by atomic mass is 10.3. The molecule has 0 saturated heterocycles. The van der Waals surface area contributed by atoms with E-state index in [0.29, 0.717) is 22.4 Å². The fourth-order valence-electron chi connectivity index (χ4n) is 1.23. The van der Waals surface area contributed by atoms with Crippen LogP contribution in [0.3, 0.4) is 0 Å². The molecule has 0 N–H and O–H groups in total. The molecule has 1 atom stereocenters. The lowest BCUT2D eigenvalue weighted by Crippen LogP contribution is -2.04. The minimum Gasteiger partial charge on any atom is -0.492 e. The van der Waals surface area contributed by atoms with Gasteiger partial charge in [-0.15, -0.1) is 23.2 Å². The molecule has 0 heterocycles. The van der Waals surface area contributed by atoms with E-state index in [1.165, 1.54) is 0 Å². The summed E-state index contributed by atoms with van der Waals surface area (Å²) in [5.74, 6) is 0.796. The molecule has 1 aromatic rings. The van der Waals surface area contributed by atoms with Crippen LogP contribution in [0.1, 0.15) is 6.42 Å². The fourth-order valence-corrected chi connectivity index (χ4v) is 2.19. The Morgan fingerprint density at radius 1 is 1.33 bits per heavy atom. The summed E-state index contributed by atoms with van der Waals surface area (Å²) >= 11 is 23.4. The van der Waals surface area contributed by atoms with E-state index in [2.05, 4.69) is 0 Å². The van der Waals surface area contributed by atoms with Crippen LogP contribution >= 0.6 is 46.4 Å². The first-order valence-corrected chi connectivity index (χ1v) is 5.96. The van der Waals surface area contributed by atoms with Gasteiger partial charge in [-0.25, -0.2) is 0 Å². The highest BCUT2D eigenvalue weighted by Crippen LogP contribution is 2.53. The van der Waals surface area contributed by atoms with Crippen molar-refractivity contribution < 1.29 is 4.74 Å². The minimum absolute atomic E-state index is 0.188. The van der Waals surface area contributed by atoms with Gasteiger partial charge in [-0.2, -0.15) is 0 Å². The zero-order chi connectivity index (χ0) is 11.1. The smallest absolute Gasteiger partial charge is 0.137 e. The Bertz CT molecular complexity index is 378. The van der Waals surface area contributed by atoms with E-state index >= 15 is 0 Å². The third-order valence-electron chi connectivity index (χ3n) is 2.29. The van der Waals surface area contributed by atoms with Crippen LogP contribution in [0.15, 0.2) is 18.2 Å². The van der Waals surface area contributed by atoms with Crippen molar-refractivity contribution in [2.45, 2.75) is 10.8 Å². The summed E-state index contributed by atoms with van der Waals surface area (Å²) in [4.78, 5) is 0. The quantitative estimate of drug-likeness (QED) is 0.740. The zero-order valence-electron chi connectivity index (χ0n) is 7.64. The highest BCUT2D eigenvalue weighted by Gasteiger charge is 2.52. The number of alkyl halides is 2. The summed E-state index contributed by atoms with van der Waals surface area (Å²) in [5, 5.41) is 1.08. The van der Waals surface area contributed by atoms with Crippen LogP contribution in [-0.2, 0) is 0 Å². The Morgan fingerprint density at radius 2 is 2.00 bits per heavy atom. The van der Waals surface area contributed by atoms with E-state index in [-0.39, 0.29) is 5.92 Å². The van der Waals surface area contributed by atoms with Crippen molar-refractivity contribution in [3.8, 4) is 5.75 Å². The molecule has 0 aromatic heterocycles. The van der Waals surface area contributed by atoms with Gasteiger partial charge in [-0.1, -0.05) is 23.2 Å². The highest BCUT2D eigenvalue weighted by molar-refractivity contribution is 6.50. The third kappa shape index (κ3) is 2.85. The van der Waals surface area contributed by atoms with Crippen molar-refractivity contribution in [1.29, 1.82) is 0 Å². The fraction of sp³-hybridized carbons (Fsp3) is 0.400. The van der Waals surface area contributed by atoms with Gasteiger partial charge in [0.05, 0.1) is 11.6 Å². The minimum atomic E-state index is -0.612. The summed E-state index contributed by atoms with van der Waals surface area (Å²) < 4.78 is 4.88. The maximum Gasteiger partial charge on any atom is 0.137 e. The Balaban J connectivity index is 1.94. The summed E-state index contributed by atoms with van der Waals surface area (Å²) in [7, 11) is 0. The maximum atomic E-state index is 5.93. The second-order valence-corrected chi connectivity index (χ2v) is 5.93. The van der Waals surface area contributed by atoms with E-state index in [1.807, 2.05) is 0 Å². The average Bonchev–Trinajstić information content (AvgIpc) is 2.73. The molecule has 5 heteroatoms. The van der Waals surface area contributed by atoms with Gasteiger partial charge in [-0.3, -0.25) is 0 Å². The molecule has 1 fully saturated rings. The van der Waals surface area contributed by atoms with Gasteiger partial charge in [0.25, 0.3) is 0 Å². The van der Waals surface area contributed by atoms with Crippen molar-refractivity contribution in [2.24, 2.45) is 5.92 Å². The largest absolute Gasteiger partial charge is 0.492 e. The molecule has 1 aromatic carbocycles. The van der Waals surface area contributed by atoms with Gasteiger partial charge in [0.2, 0.25) is 0 Å². The normalized spacial score (nSPS) is 22.5. The summed E-state index contributed by atoms with van der Waals surface area (Å²) in [6, 6.07) is 5.10. The molecule has 0 unspecified atom stereocenters. The SMILES string of the molecule is Clc1ccc(OC[C@@H]2CC2(Cl)Cl)c(Cl)c1. The van der Waals surface area contributed by atoms with Crippen molar-refractivity contribution >= 4 is 46.4 Å². The standard InChI is InChI=1S/C10H8Cl4O/c11-7-1-2-9(8(12)3-7)15-5-6-4-10(6,13)14/h1-3,6H,4-5H2/t6-/m0/s1.